The molecule has 4 aliphatic rings. The van der Waals surface area contributed by atoms with Gasteiger partial charge in [0.05, 0.1) is 11.8 Å². The van der Waals surface area contributed by atoms with Crippen LogP contribution in [0.5, 0.6) is 0 Å². The molecule has 41 heavy (non-hydrogen) atoms. The number of ether oxygens (including phenoxy) is 1. The van der Waals surface area contributed by atoms with Crippen molar-refractivity contribution in [1.82, 2.24) is 15.8 Å². The van der Waals surface area contributed by atoms with Gasteiger partial charge in [0.15, 0.2) is 6.61 Å². The van der Waals surface area contributed by atoms with Crippen LogP contribution < -0.4 is 10.9 Å². The number of rotatable bonds is 6. The molecule has 3 aliphatic carbocycles. The maximum absolute atomic E-state index is 14.0. The van der Waals surface area contributed by atoms with Gasteiger partial charge in [-0.05, 0) is 40.3 Å². The van der Waals surface area contributed by atoms with Crippen molar-refractivity contribution in [1.29, 1.82) is 0 Å². The van der Waals surface area contributed by atoms with Crippen LogP contribution in [0.1, 0.15) is 58.3 Å². The van der Waals surface area contributed by atoms with Crippen LogP contribution in [-0.4, -0.2) is 47.1 Å². The molecule has 3 aromatic carbocycles. The van der Waals surface area contributed by atoms with Crippen LogP contribution in [0, 0.1) is 17.8 Å². The molecule has 1 aliphatic heterocycles. The number of imide groups is 1. The monoisotopic (exact) mass is 551 g/mol. The van der Waals surface area contributed by atoms with Gasteiger partial charge in [0.2, 0.25) is 11.8 Å². The molecule has 1 fully saturated rings. The Hall–Kier alpha value is -4.79. The van der Waals surface area contributed by atoms with E-state index in [-0.39, 0.29) is 11.8 Å². The highest BCUT2D eigenvalue weighted by atomic mass is 16.5. The third kappa shape index (κ3) is 4.28. The zero-order chi connectivity index (χ0) is 28.8. The second-order valence-corrected chi connectivity index (χ2v) is 11.0. The average molecular weight is 552 g/mol. The third-order valence-corrected chi connectivity index (χ3v) is 8.33. The van der Waals surface area contributed by atoms with Crippen molar-refractivity contribution in [3.05, 3.63) is 107 Å². The highest BCUT2D eigenvalue weighted by Gasteiger charge is 2.63. The standard InChI is InChI=1S/C32H29N3O6/c1-17(2)28(32(40)41-16-23(36)33-34-29(37)18-10-4-3-5-11-18)35-30(38)26-24-19-12-6-7-13-20(19)25(27(26)31(35)39)22-15-9-8-14-21(22)24/h3-15,17,24-28H,16H2,1-2H3,(H,33,36)(H,34,37)/t24?,25?,26-,27-,28-/m1/s1. The molecule has 2 N–H and O–H groups in total. The number of likely N-dealkylation sites (tertiary alicyclic amines) is 1. The minimum Gasteiger partial charge on any atom is -0.454 e. The summed E-state index contributed by atoms with van der Waals surface area (Å²) in [5.41, 5.74) is 8.98. The Balaban J connectivity index is 1.20. The highest BCUT2D eigenvalue weighted by molar-refractivity contribution is 6.10. The number of amides is 4. The zero-order valence-electron chi connectivity index (χ0n) is 22.6. The molecule has 9 nitrogen and oxygen atoms in total. The summed E-state index contributed by atoms with van der Waals surface area (Å²) < 4.78 is 5.27. The molecule has 2 bridgehead atoms. The lowest BCUT2D eigenvalue weighted by molar-refractivity contribution is -0.162. The summed E-state index contributed by atoms with van der Waals surface area (Å²) in [5, 5.41) is 0. The largest absolute Gasteiger partial charge is 0.454 e. The molecule has 0 unspecified atom stereocenters. The summed E-state index contributed by atoms with van der Waals surface area (Å²) >= 11 is 0. The Morgan fingerprint density at radius 3 is 1.66 bits per heavy atom. The topological polar surface area (TPSA) is 122 Å². The van der Waals surface area contributed by atoms with Crippen LogP contribution >= 0.6 is 0 Å². The number of carbonyl (C=O) groups is 5. The summed E-state index contributed by atoms with van der Waals surface area (Å²) in [6.07, 6.45) is 0. The van der Waals surface area contributed by atoms with Crippen LogP contribution in [0.25, 0.3) is 0 Å². The molecule has 9 heteroatoms. The Labute approximate surface area is 236 Å². The van der Waals surface area contributed by atoms with Gasteiger partial charge in [-0.2, -0.15) is 0 Å². The lowest BCUT2D eigenvalue weighted by Crippen LogP contribution is -2.50. The van der Waals surface area contributed by atoms with E-state index in [0.29, 0.717) is 5.56 Å². The molecular formula is C32H29N3O6. The van der Waals surface area contributed by atoms with E-state index >= 15 is 0 Å². The van der Waals surface area contributed by atoms with Crippen molar-refractivity contribution in [2.24, 2.45) is 17.8 Å². The smallest absolute Gasteiger partial charge is 0.330 e. The summed E-state index contributed by atoms with van der Waals surface area (Å²) in [7, 11) is 0. The maximum atomic E-state index is 14.0. The molecular weight excluding hydrogens is 522 g/mol. The van der Waals surface area contributed by atoms with E-state index in [1.54, 1.807) is 44.2 Å². The van der Waals surface area contributed by atoms with Gasteiger partial charge < -0.3 is 4.74 Å². The molecule has 1 saturated heterocycles. The third-order valence-electron chi connectivity index (χ3n) is 8.33. The van der Waals surface area contributed by atoms with Gasteiger partial charge in [-0.1, -0.05) is 80.6 Å². The van der Waals surface area contributed by atoms with Crippen LogP contribution in [-0.2, 0) is 23.9 Å². The highest BCUT2D eigenvalue weighted by Crippen LogP contribution is 2.61. The van der Waals surface area contributed by atoms with E-state index in [2.05, 4.69) is 10.9 Å². The Morgan fingerprint density at radius 1 is 0.732 bits per heavy atom. The SMILES string of the molecule is CC(C)[C@H](C(=O)OCC(=O)NNC(=O)c1ccccc1)N1C(=O)[C@@H]2C3c4ccccc4C(c4ccccc43)[C@H]2C1=O. The van der Waals surface area contributed by atoms with Gasteiger partial charge in [-0.3, -0.25) is 34.9 Å². The van der Waals surface area contributed by atoms with Crippen molar-refractivity contribution in [2.45, 2.75) is 31.7 Å². The van der Waals surface area contributed by atoms with Gasteiger partial charge >= 0.3 is 5.97 Å². The van der Waals surface area contributed by atoms with Crippen LogP contribution in [0.2, 0.25) is 0 Å². The number of nitrogens with one attached hydrogen (secondary N) is 2. The van der Waals surface area contributed by atoms with Gasteiger partial charge in [-0.15, -0.1) is 0 Å². The Bertz CT molecular complexity index is 1450. The molecule has 7 rings (SSSR count). The summed E-state index contributed by atoms with van der Waals surface area (Å²) in [5.74, 6) is -5.22. The number of hydrazine groups is 1. The van der Waals surface area contributed by atoms with Crippen molar-refractivity contribution in [2.75, 3.05) is 6.61 Å². The fourth-order valence-electron chi connectivity index (χ4n) is 6.70. The van der Waals surface area contributed by atoms with Gasteiger partial charge in [0, 0.05) is 17.4 Å². The number of carbonyl (C=O) groups excluding carboxylic acids is 5. The first-order chi connectivity index (χ1) is 19.8. The molecule has 208 valence electrons. The van der Waals surface area contributed by atoms with Crippen LogP contribution in [0.15, 0.2) is 78.9 Å². The predicted molar refractivity (Wildman–Crippen MR) is 147 cm³/mol. The van der Waals surface area contributed by atoms with E-state index in [1.807, 2.05) is 48.5 Å². The normalized spacial score (nSPS) is 22.5. The van der Waals surface area contributed by atoms with Gasteiger partial charge in [0.1, 0.15) is 6.04 Å². The summed E-state index contributed by atoms with van der Waals surface area (Å²) in [6.45, 7) is 2.77. The zero-order valence-corrected chi connectivity index (χ0v) is 22.6. The second kappa shape index (κ2) is 10.3. The lowest BCUT2D eigenvalue weighted by Gasteiger charge is -2.45. The Kier molecular flexibility index (Phi) is 6.65. The summed E-state index contributed by atoms with van der Waals surface area (Å²) in [6, 6.07) is 22.9. The molecule has 0 radical (unpaired) electrons. The van der Waals surface area contributed by atoms with Crippen molar-refractivity contribution >= 4 is 29.6 Å². The number of nitrogens with zero attached hydrogens (tertiary/aromatic N) is 1. The summed E-state index contributed by atoms with van der Waals surface area (Å²) in [4.78, 5) is 66.9. The fourth-order valence-corrected chi connectivity index (χ4v) is 6.70. The average Bonchev–Trinajstić information content (AvgIpc) is 3.25. The molecule has 0 spiro atoms. The number of hydrogen-bond acceptors (Lipinski definition) is 6. The maximum Gasteiger partial charge on any atom is 0.330 e. The first kappa shape index (κ1) is 26.4. The number of hydrogen-bond donors (Lipinski definition) is 2. The van der Waals surface area contributed by atoms with Crippen molar-refractivity contribution in [3.63, 3.8) is 0 Å². The molecule has 1 heterocycles. The van der Waals surface area contributed by atoms with E-state index in [9.17, 15) is 24.0 Å². The minimum absolute atomic E-state index is 0.290. The predicted octanol–water partition coefficient (Wildman–Crippen LogP) is 2.91. The van der Waals surface area contributed by atoms with Crippen LogP contribution in [0.4, 0.5) is 0 Å². The molecule has 3 atom stereocenters. The van der Waals surface area contributed by atoms with Crippen LogP contribution in [0.3, 0.4) is 0 Å². The lowest BCUT2D eigenvalue weighted by atomic mass is 9.55. The molecule has 4 amide bonds. The first-order valence-corrected chi connectivity index (χ1v) is 13.6. The van der Waals surface area contributed by atoms with Crippen molar-refractivity contribution < 1.29 is 28.7 Å². The van der Waals surface area contributed by atoms with E-state index in [4.69, 9.17) is 4.74 Å². The first-order valence-electron chi connectivity index (χ1n) is 13.6. The molecule has 0 saturated carbocycles. The second-order valence-electron chi connectivity index (χ2n) is 11.0. The Morgan fingerprint density at radius 2 is 1.20 bits per heavy atom. The molecule has 0 aromatic heterocycles. The van der Waals surface area contributed by atoms with E-state index < -0.39 is 60.0 Å². The minimum atomic E-state index is -1.20. The van der Waals surface area contributed by atoms with Gasteiger partial charge in [-0.25, -0.2) is 4.79 Å². The van der Waals surface area contributed by atoms with Crippen molar-refractivity contribution in [3.8, 4) is 0 Å². The van der Waals surface area contributed by atoms with Gasteiger partial charge in [0.25, 0.3) is 11.8 Å². The number of benzene rings is 3. The number of esters is 1. The molecule has 3 aromatic rings. The fraction of sp³-hybridized carbons (Fsp3) is 0.281. The van der Waals surface area contributed by atoms with E-state index in [0.717, 1.165) is 27.2 Å². The van der Waals surface area contributed by atoms with E-state index in [1.165, 1.54) is 0 Å². The quantitative estimate of drug-likeness (QED) is 0.276.